The Labute approximate surface area is 253 Å². The van der Waals surface area contributed by atoms with Gasteiger partial charge in [0.15, 0.2) is 0 Å². The van der Waals surface area contributed by atoms with E-state index < -0.39 is 28.5 Å². The van der Waals surface area contributed by atoms with Crippen molar-refractivity contribution >= 4 is 50.7 Å². The molecule has 0 aliphatic heterocycles. The molecule has 0 saturated heterocycles. The molecule has 3 aromatic carbocycles. The number of carbonyl (C=O) groups is 2. The first-order valence-corrected chi connectivity index (χ1v) is 15.7. The molecule has 3 rings (SSSR count). The van der Waals surface area contributed by atoms with E-state index in [1.165, 1.54) is 29.2 Å². The summed E-state index contributed by atoms with van der Waals surface area (Å²) in [6.45, 7) is 9.58. The second kappa shape index (κ2) is 14.2. The van der Waals surface area contributed by atoms with E-state index in [1.54, 1.807) is 18.2 Å². The first-order chi connectivity index (χ1) is 19.3. The number of sulfonamides is 1. The molecule has 0 radical (unpaired) electrons. The molecule has 0 spiro atoms. The van der Waals surface area contributed by atoms with Gasteiger partial charge in [-0.05, 0) is 62.1 Å². The largest absolute Gasteiger partial charge is 0.354 e. The Morgan fingerprint density at radius 2 is 1.61 bits per heavy atom. The molecule has 10 heteroatoms. The van der Waals surface area contributed by atoms with E-state index in [-0.39, 0.29) is 39.0 Å². The first-order valence-electron chi connectivity index (χ1n) is 13.5. The smallest absolute Gasteiger partial charge is 0.264 e. The molecule has 1 N–H and O–H groups in total. The van der Waals surface area contributed by atoms with Crippen molar-refractivity contribution in [3.8, 4) is 0 Å². The van der Waals surface area contributed by atoms with Gasteiger partial charge in [0.25, 0.3) is 10.0 Å². The summed E-state index contributed by atoms with van der Waals surface area (Å²) in [7, 11) is -4.25. The van der Waals surface area contributed by atoms with E-state index in [0.717, 1.165) is 21.0 Å². The Hall–Kier alpha value is -3.07. The Morgan fingerprint density at radius 3 is 2.22 bits per heavy atom. The van der Waals surface area contributed by atoms with Gasteiger partial charge in [-0.1, -0.05) is 91.5 Å². The normalized spacial score (nSPS) is 12.2. The van der Waals surface area contributed by atoms with Gasteiger partial charge in [0.2, 0.25) is 11.8 Å². The molecule has 0 aromatic heterocycles. The van der Waals surface area contributed by atoms with Crippen LogP contribution < -0.4 is 9.62 Å². The number of amides is 2. The van der Waals surface area contributed by atoms with Crippen LogP contribution in [0.2, 0.25) is 10.0 Å². The van der Waals surface area contributed by atoms with Gasteiger partial charge in [0.05, 0.1) is 15.6 Å². The number of anilines is 1. The third kappa shape index (κ3) is 8.47. The summed E-state index contributed by atoms with van der Waals surface area (Å²) in [5.74, 6) is -0.627. The van der Waals surface area contributed by atoms with Gasteiger partial charge in [-0.3, -0.25) is 13.9 Å². The third-order valence-corrected chi connectivity index (χ3v) is 8.90. The minimum absolute atomic E-state index is 0.00102. The van der Waals surface area contributed by atoms with Crippen LogP contribution in [0.25, 0.3) is 0 Å². The highest BCUT2D eigenvalue weighted by Gasteiger charge is 2.34. The molecule has 0 unspecified atom stereocenters. The van der Waals surface area contributed by atoms with E-state index in [1.807, 2.05) is 58.9 Å². The van der Waals surface area contributed by atoms with Crippen molar-refractivity contribution < 1.29 is 18.0 Å². The molecular formula is C31H37Cl2N3O4S. The van der Waals surface area contributed by atoms with Crippen LogP contribution in [0.15, 0.2) is 71.6 Å². The molecule has 0 aliphatic carbocycles. The molecule has 0 bridgehead atoms. The zero-order valence-corrected chi connectivity index (χ0v) is 26.4. The van der Waals surface area contributed by atoms with Crippen LogP contribution in [-0.2, 0) is 26.2 Å². The van der Waals surface area contributed by atoms with Crippen molar-refractivity contribution in [3.63, 3.8) is 0 Å². The lowest BCUT2D eigenvalue weighted by Gasteiger charge is -2.33. The zero-order valence-electron chi connectivity index (χ0n) is 24.0. The molecule has 0 heterocycles. The molecule has 1 atom stereocenters. The van der Waals surface area contributed by atoms with Gasteiger partial charge >= 0.3 is 0 Å². The second-order valence-electron chi connectivity index (χ2n) is 10.5. The summed E-state index contributed by atoms with van der Waals surface area (Å²) >= 11 is 12.7. The summed E-state index contributed by atoms with van der Waals surface area (Å²) in [5, 5.41) is 3.30. The van der Waals surface area contributed by atoms with Crippen molar-refractivity contribution in [1.29, 1.82) is 0 Å². The monoisotopic (exact) mass is 617 g/mol. The Balaban J connectivity index is 2.09. The van der Waals surface area contributed by atoms with Gasteiger partial charge in [-0.25, -0.2) is 8.42 Å². The molecule has 7 nitrogen and oxygen atoms in total. The van der Waals surface area contributed by atoms with Crippen LogP contribution in [0.3, 0.4) is 0 Å². The maximum absolute atomic E-state index is 14.2. The molecule has 0 aliphatic rings. The second-order valence-corrected chi connectivity index (χ2v) is 13.2. The summed E-state index contributed by atoms with van der Waals surface area (Å²) in [6, 6.07) is 17.6. The Morgan fingerprint density at radius 1 is 0.927 bits per heavy atom. The maximum Gasteiger partial charge on any atom is 0.264 e. The van der Waals surface area contributed by atoms with Crippen molar-refractivity contribution in [1.82, 2.24) is 10.2 Å². The van der Waals surface area contributed by atoms with E-state index in [4.69, 9.17) is 23.2 Å². The van der Waals surface area contributed by atoms with Gasteiger partial charge in [0.1, 0.15) is 12.6 Å². The molecular weight excluding hydrogens is 581 g/mol. The first kappa shape index (κ1) is 32.4. The van der Waals surface area contributed by atoms with Crippen molar-refractivity contribution in [2.45, 2.75) is 58.5 Å². The summed E-state index contributed by atoms with van der Waals surface area (Å²) in [5.41, 5.74) is 2.78. The fourth-order valence-electron chi connectivity index (χ4n) is 4.38. The lowest BCUT2D eigenvalue weighted by molar-refractivity contribution is -0.140. The van der Waals surface area contributed by atoms with Crippen LogP contribution in [0.4, 0.5) is 5.69 Å². The predicted octanol–water partition coefficient (Wildman–Crippen LogP) is 6.39. The molecule has 3 aromatic rings. The van der Waals surface area contributed by atoms with Gasteiger partial charge < -0.3 is 10.2 Å². The minimum atomic E-state index is -4.25. The number of aryl methyl sites for hydroxylation is 2. The Kier molecular flexibility index (Phi) is 11.2. The number of hydrogen-bond donors (Lipinski definition) is 1. The fourth-order valence-corrected chi connectivity index (χ4v) is 6.24. The zero-order chi connectivity index (χ0) is 30.3. The number of benzene rings is 3. The van der Waals surface area contributed by atoms with Crippen LogP contribution in [-0.4, -0.2) is 44.3 Å². The average molecular weight is 619 g/mol. The third-order valence-electron chi connectivity index (χ3n) is 6.57. The summed E-state index contributed by atoms with van der Waals surface area (Å²) in [4.78, 5) is 28.9. The average Bonchev–Trinajstić information content (AvgIpc) is 2.92. The number of carbonyl (C=O) groups excluding carboxylic acids is 2. The van der Waals surface area contributed by atoms with Crippen LogP contribution in [0.1, 0.15) is 43.9 Å². The number of nitrogens with one attached hydrogen (secondary N) is 1. The van der Waals surface area contributed by atoms with Crippen molar-refractivity contribution in [2.75, 3.05) is 17.4 Å². The lowest BCUT2D eigenvalue weighted by Crippen LogP contribution is -2.52. The maximum atomic E-state index is 14.2. The summed E-state index contributed by atoms with van der Waals surface area (Å²) in [6.07, 6.45) is 0.337. The standard InChI is InChI=1S/C31H37Cl2N3O4S/c1-6-28(31(38)34-18-21(2)3)35(19-24-9-7-8-23(5)16-24)30(37)20-36(29-17-25(32)12-15-27(29)33)41(39,40)26-13-10-22(4)11-14-26/h7-17,21,28H,6,18-20H2,1-5H3,(H,34,38)/t28-/m0/s1. The number of halogens is 2. The minimum Gasteiger partial charge on any atom is -0.354 e. The quantitative estimate of drug-likeness (QED) is 0.255. The molecule has 0 saturated carbocycles. The van der Waals surface area contributed by atoms with Gasteiger partial charge in [-0.2, -0.15) is 0 Å². The van der Waals surface area contributed by atoms with E-state index in [9.17, 15) is 18.0 Å². The lowest BCUT2D eigenvalue weighted by atomic mass is 10.1. The number of rotatable bonds is 12. The van der Waals surface area contributed by atoms with Crippen LogP contribution >= 0.6 is 23.2 Å². The highest BCUT2D eigenvalue weighted by molar-refractivity contribution is 7.92. The summed E-state index contributed by atoms with van der Waals surface area (Å²) < 4.78 is 29.0. The topological polar surface area (TPSA) is 86.8 Å². The highest BCUT2D eigenvalue weighted by atomic mass is 35.5. The highest BCUT2D eigenvalue weighted by Crippen LogP contribution is 2.33. The predicted molar refractivity (Wildman–Crippen MR) is 166 cm³/mol. The van der Waals surface area contributed by atoms with E-state index in [0.29, 0.717) is 13.0 Å². The van der Waals surface area contributed by atoms with Crippen molar-refractivity contribution in [3.05, 3.63) is 93.5 Å². The molecule has 0 fully saturated rings. The molecule has 2 amide bonds. The number of nitrogens with zero attached hydrogens (tertiary/aromatic N) is 2. The number of hydrogen-bond acceptors (Lipinski definition) is 4. The van der Waals surface area contributed by atoms with Crippen molar-refractivity contribution in [2.24, 2.45) is 5.92 Å². The van der Waals surface area contributed by atoms with Crippen LogP contribution in [0, 0.1) is 19.8 Å². The van der Waals surface area contributed by atoms with Gasteiger partial charge in [0, 0.05) is 18.1 Å². The molecule has 220 valence electrons. The molecule has 41 heavy (non-hydrogen) atoms. The Bertz CT molecular complexity index is 1480. The fraction of sp³-hybridized carbons (Fsp3) is 0.355. The SMILES string of the molecule is CC[C@@H](C(=O)NCC(C)C)N(Cc1cccc(C)c1)C(=O)CN(c1cc(Cl)ccc1Cl)S(=O)(=O)c1ccc(C)cc1. The van der Waals surface area contributed by atoms with E-state index >= 15 is 0 Å². The van der Waals surface area contributed by atoms with Gasteiger partial charge in [-0.15, -0.1) is 0 Å². The van der Waals surface area contributed by atoms with Crippen LogP contribution in [0.5, 0.6) is 0 Å². The van der Waals surface area contributed by atoms with E-state index in [2.05, 4.69) is 5.32 Å².